The summed E-state index contributed by atoms with van der Waals surface area (Å²) < 4.78 is 1.26. The number of amides is 2. The maximum Gasteiger partial charge on any atom is 0.250 e. The zero-order valence-electron chi connectivity index (χ0n) is 16.6. The molecule has 3 N–H and O–H groups in total. The highest BCUT2D eigenvalue weighted by atomic mass is 35.5. The Labute approximate surface area is 192 Å². The van der Waals surface area contributed by atoms with Crippen LogP contribution in [0.4, 0.5) is 11.4 Å². The minimum Gasteiger partial charge on any atom is -0.335 e. The number of para-hydroxylation sites is 2. The van der Waals surface area contributed by atoms with E-state index in [1.165, 1.54) is 9.58 Å². The smallest absolute Gasteiger partial charge is 0.250 e. The highest BCUT2D eigenvalue weighted by Gasteiger charge is 2.43. The largest absolute Gasteiger partial charge is 0.335 e. The highest BCUT2D eigenvalue weighted by Crippen LogP contribution is 2.37. The summed E-state index contributed by atoms with van der Waals surface area (Å²) in [4.78, 5) is 27.2. The van der Waals surface area contributed by atoms with Crippen LogP contribution in [0.3, 0.4) is 0 Å². The fourth-order valence-electron chi connectivity index (χ4n) is 3.32. The van der Waals surface area contributed by atoms with E-state index in [1.807, 2.05) is 6.07 Å². The molecule has 31 heavy (non-hydrogen) atoms. The Hall–Kier alpha value is -2.75. The molecule has 0 atom stereocenters. The molecule has 160 valence electrons. The Morgan fingerprint density at radius 2 is 1.94 bits per heavy atom. The van der Waals surface area contributed by atoms with Crippen molar-refractivity contribution in [2.45, 2.75) is 24.5 Å². The molecule has 2 aromatic carbocycles. The molecule has 1 aliphatic heterocycles. The fraction of sp³-hybridized carbons (Fsp3) is 0.200. The molecule has 2 heterocycles. The Morgan fingerprint density at radius 1 is 1.19 bits per heavy atom. The summed E-state index contributed by atoms with van der Waals surface area (Å²) in [6.07, 6.45) is 0. The number of aromatic nitrogens is 3. The molecule has 0 radical (unpaired) electrons. The molecular weight excluding hydrogens is 459 g/mol. The van der Waals surface area contributed by atoms with Gasteiger partial charge in [-0.2, -0.15) is 0 Å². The van der Waals surface area contributed by atoms with Crippen molar-refractivity contribution < 1.29 is 9.59 Å². The van der Waals surface area contributed by atoms with Gasteiger partial charge in [0.2, 0.25) is 17.0 Å². The predicted octanol–water partition coefficient (Wildman–Crippen LogP) is 3.82. The summed E-state index contributed by atoms with van der Waals surface area (Å²) in [5.41, 5.74) is 0.704. The second-order valence-electron chi connectivity index (χ2n) is 7.35. The van der Waals surface area contributed by atoms with Crippen LogP contribution in [0.1, 0.15) is 13.8 Å². The molecule has 2 amide bonds. The van der Waals surface area contributed by atoms with Gasteiger partial charge in [-0.25, -0.2) is 4.68 Å². The molecule has 0 fully saturated rings. The molecule has 0 spiro atoms. The number of nitrogen functional groups attached to an aromatic ring is 1. The predicted molar refractivity (Wildman–Crippen MR) is 123 cm³/mol. The van der Waals surface area contributed by atoms with Gasteiger partial charge < -0.3 is 11.2 Å². The van der Waals surface area contributed by atoms with Crippen LogP contribution in [0.25, 0.3) is 11.4 Å². The topological polar surface area (TPSA) is 106 Å². The summed E-state index contributed by atoms with van der Waals surface area (Å²) in [6.45, 7) is 3.40. The average Bonchev–Trinajstić information content (AvgIpc) is 3.09. The lowest BCUT2D eigenvalue weighted by molar-refractivity contribution is -0.125. The van der Waals surface area contributed by atoms with Gasteiger partial charge >= 0.3 is 0 Å². The third-order valence-electron chi connectivity index (χ3n) is 4.92. The molecule has 0 aliphatic carbocycles. The molecular formula is C20H18Cl2N6O2S. The molecule has 4 rings (SSSR count). The Morgan fingerprint density at radius 3 is 2.71 bits per heavy atom. The first-order valence-corrected chi connectivity index (χ1v) is 11.0. The number of hydrogen-bond acceptors (Lipinski definition) is 6. The number of benzene rings is 2. The number of nitrogens with two attached hydrogens (primary N) is 1. The number of nitrogens with one attached hydrogen (secondary N) is 1. The number of thioether (sulfide) groups is 1. The first-order valence-electron chi connectivity index (χ1n) is 9.22. The molecule has 1 aromatic heterocycles. The molecule has 11 heteroatoms. The van der Waals surface area contributed by atoms with Crippen LogP contribution < -0.4 is 16.1 Å². The van der Waals surface area contributed by atoms with Crippen LogP contribution in [-0.4, -0.2) is 38.0 Å². The molecule has 0 saturated heterocycles. The summed E-state index contributed by atoms with van der Waals surface area (Å²) in [6, 6.07) is 12.1. The van der Waals surface area contributed by atoms with E-state index in [9.17, 15) is 9.59 Å². The second-order valence-corrected chi connectivity index (χ2v) is 9.13. The standard InChI is InChI=1S/C20H18Cl2N6O2S/c1-20(2)18(30)24-14-5-3-4-6-15(14)27(20)16(29)10-31-19-26-25-17(28(19)23)12-9-11(21)7-8-13(12)22/h3-9H,10,23H2,1-2H3,(H,24,30). The molecule has 0 saturated carbocycles. The maximum absolute atomic E-state index is 13.2. The van der Waals surface area contributed by atoms with Gasteiger partial charge in [0.05, 0.1) is 22.2 Å². The van der Waals surface area contributed by atoms with E-state index in [0.29, 0.717) is 38.0 Å². The summed E-state index contributed by atoms with van der Waals surface area (Å²) in [5, 5.41) is 12.2. The number of anilines is 2. The van der Waals surface area contributed by atoms with E-state index in [4.69, 9.17) is 29.0 Å². The van der Waals surface area contributed by atoms with Crippen LogP contribution >= 0.6 is 35.0 Å². The Kier molecular flexibility index (Phi) is 5.59. The van der Waals surface area contributed by atoms with Gasteiger partial charge in [-0.15, -0.1) is 10.2 Å². The molecule has 0 unspecified atom stereocenters. The van der Waals surface area contributed by atoms with Gasteiger partial charge in [-0.05, 0) is 44.2 Å². The third-order valence-corrected chi connectivity index (χ3v) is 6.41. The molecule has 1 aliphatic rings. The normalized spacial score (nSPS) is 14.8. The number of fused-ring (bicyclic) bond motifs is 1. The zero-order chi connectivity index (χ0) is 22.3. The van der Waals surface area contributed by atoms with Gasteiger partial charge in [0.25, 0.3) is 0 Å². The lowest BCUT2D eigenvalue weighted by atomic mass is 9.96. The first kappa shape index (κ1) is 21.5. The number of rotatable bonds is 4. The van der Waals surface area contributed by atoms with Crippen molar-refractivity contribution in [1.82, 2.24) is 14.9 Å². The van der Waals surface area contributed by atoms with Gasteiger partial charge in [0.15, 0.2) is 5.82 Å². The minimum absolute atomic E-state index is 0.00363. The zero-order valence-corrected chi connectivity index (χ0v) is 18.9. The molecule has 8 nitrogen and oxygen atoms in total. The Bertz CT molecular complexity index is 1200. The molecule has 0 bridgehead atoms. The average molecular weight is 477 g/mol. The van der Waals surface area contributed by atoms with Crippen molar-refractivity contribution in [1.29, 1.82) is 0 Å². The fourth-order valence-corrected chi connectivity index (χ4v) is 4.40. The lowest BCUT2D eigenvalue weighted by Gasteiger charge is -2.42. The van der Waals surface area contributed by atoms with Crippen molar-refractivity contribution in [3.63, 3.8) is 0 Å². The van der Waals surface area contributed by atoms with E-state index in [0.717, 1.165) is 11.8 Å². The van der Waals surface area contributed by atoms with E-state index < -0.39 is 5.54 Å². The van der Waals surface area contributed by atoms with E-state index in [2.05, 4.69) is 15.5 Å². The van der Waals surface area contributed by atoms with Gasteiger partial charge in [-0.1, -0.05) is 47.1 Å². The SMILES string of the molecule is CC1(C)C(=O)Nc2ccccc2N1C(=O)CSc1nnc(-c2cc(Cl)ccc2Cl)n1N. The summed E-state index contributed by atoms with van der Waals surface area (Å²) >= 11 is 13.4. The van der Waals surface area contributed by atoms with Crippen LogP contribution in [0.15, 0.2) is 47.6 Å². The van der Waals surface area contributed by atoms with Crippen LogP contribution in [0.2, 0.25) is 10.0 Å². The van der Waals surface area contributed by atoms with Crippen LogP contribution in [0.5, 0.6) is 0 Å². The molecule has 3 aromatic rings. The van der Waals surface area contributed by atoms with Gasteiger partial charge in [0.1, 0.15) is 5.54 Å². The third kappa shape index (κ3) is 3.84. The first-order chi connectivity index (χ1) is 14.7. The highest BCUT2D eigenvalue weighted by molar-refractivity contribution is 7.99. The maximum atomic E-state index is 13.2. The number of hydrogen-bond donors (Lipinski definition) is 2. The van der Waals surface area contributed by atoms with Crippen LogP contribution in [0, 0.1) is 0 Å². The number of halogens is 2. The number of nitrogens with zero attached hydrogens (tertiary/aromatic N) is 4. The number of carbonyl (C=O) groups is 2. The van der Waals surface area contributed by atoms with Crippen molar-refractivity contribution in [2.24, 2.45) is 0 Å². The van der Waals surface area contributed by atoms with Crippen molar-refractivity contribution in [3.8, 4) is 11.4 Å². The van der Waals surface area contributed by atoms with Gasteiger partial charge in [-0.3, -0.25) is 14.5 Å². The van der Waals surface area contributed by atoms with E-state index >= 15 is 0 Å². The van der Waals surface area contributed by atoms with Crippen molar-refractivity contribution >= 4 is 58.2 Å². The van der Waals surface area contributed by atoms with Gasteiger partial charge in [0, 0.05) is 10.6 Å². The van der Waals surface area contributed by atoms with Crippen molar-refractivity contribution in [3.05, 3.63) is 52.5 Å². The second kappa shape index (κ2) is 8.07. The Balaban J connectivity index is 1.58. The van der Waals surface area contributed by atoms with E-state index in [1.54, 1.807) is 50.2 Å². The van der Waals surface area contributed by atoms with E-state index in [-0.39, 0.29) is 17.6 Å². The minimum atomic E-state index is -1.05. The van der Waals surface area contributed by atoms with Crippen molar-refractivity contribution in [2.75, 3.05) is 21.8 Å². The number of carbonyl (C=O) groups excluding carboxylic acids is 2. The van der Waals surface area contributed by atoms with Crippen LogP contribution in [-0.2, 0) is 9.59 Å². The summed E-state index contributed by atoms with van der Waals surface area (Å²) in [5.74, 6) is 5.96. The quantitative estimate of drug-likeness (QED) is 0.437. The monoisotopic (exact) mass is 476 g/mol. The lowest BCUT2D eigenvalue weighted by Crippen LogP contribution is -2.59. The summed E-state index contributed by atoms with van der Waals surface area (Å²) in [7, 11) is 0.